The highest BCUT2D eigenvalue weighted by Crippen LogP contribution is 2.24. The van der Waals surface area contributed by atoms with Gasteiger partial charge in [-0.25, -0.2) is 0 Å². The smallest absolute Gasteiger partial charge is 0.471 e. The van der Waals surface area contributed by atoms with E-state index in [2.05, 4.69) is 15.4 Å². The van der Waals surface area contributed by atoms with E-state index >= 15 is 0 Å². The van der Waals surface area contributed by atoms with Crippen LogP contribution in [0.5, 0.6) is 5.75 Å². The number of alkyl halides is 3. The molecule has 0 saturated carbocycles. The Hall–Kier alpha value is -2.56. The van der Waals surface area contributed by atoms with Crippen LogP contribution in [-0.4, -0.2) is 54.1 Å². The van der Waals surface area contributed by atoms with Gasteiger partial charge in [0.1, 0.15) is 5.82 Å². The number of ether oxygens (including phenoxy) is 2. The second-order valence-electron chi connectivity index (χ2n) is 4.33. The van der Waals surface area contributed by atoms with Crippen LogP contribution in [0.3, 0.4) is 0 Å². The Kier molecular flexibility index (Phi) is 4.89. The zero-order valence-electron chi connectivity index (χ0n) is 12.3. The van der Waals surface area contributed by atoms with Gasteiger partial charge < -0.3 is 14.8 Å². The zero-order chi connectivity index (χ0) is 17.0. The lowest BCUT2D eigenvalue weighted by molar-refractivity contribution is -0.167. The Morgan fingerprint density at radius 3 is 2.70 bits per heavy atom. The number of hydrogen-bond acceptors (Lipinski definition) is 6. The Labute approximate surface area is 128 Å². The minimum Gasteiger partial charge on any atom is -0.493 e. The van der Waals surface area contributed by atoms with Crippen LogP contribution in [0, 0.1) is 0 Å². The molecule has 0 aromatic carbocycles. The van der Waals surface area contributed by atoms with Crippen LogP contribution >= 0.6 is 0 Å². The summed E-state index contributed by atoms with van der Waals surface area (Å²) in [5.41, 5.74) is 0.160. The summed E-state index contributed by atoms with van der Waals surface area (Å²) in [5, 5.41) is 8.43. The summed E-state index contributed by atoms with van der Waals surface area (Å²) in [6, 6.07) is 3.19. The van der Waals surface area contributed by atoms with Crippen molar-refractivity contribution in [2.75, 3.05) is 38.0 Å². The maximum absolute atomic E-state index is 12.3. The second-order valence-corrected chi connectivity index (χ2v) is 4.33. The van der Waals surface area contributed by atoms with E-state index in [1.54, 1.807) is 17.4 Å². The van der Waals surface area contributed by atoms with E-state index in [4.69, 9.17) is 9.47 Å². The predicted octanol–water partition coefficient (Wildman–Crippen LogP) is 1.30. The molecule has 0 aliphatic heterocycles. The number of nitrogens with one attached hydrogen (secondary N) is 2. The van der Waals surface area contributed by atoms with Crippen LogP contribution in [0.1, 0.15) is 0 Å². The van der Waals surface area contributed by atoms with Crippen LogP contribution in [0.25, 0.3) is 5.65 Å². The number of carbonyl (C=O) groups excluding carboxylic acids is 1. The van der Waals surface area contributed by atoms with Crippen LogP contribution in [0.2, 0.25) is 0 Å². The molecule has 126 valence electrons. The average molecular weight is 333 g/mol. The zero-order valence-corrected chi connectivity index (χ0v) is 12.3. The third-order valence-electron chi connectivity index (χ3n) is 2.76. The molecular formula is C12H14F3N5O3. The minimum absolute atomic E-state index is 0.160. The van der Waals surface area contributed by atoms with Crippen molar-refractivity contribution in [3.8, 4) is 5.75 Å². The number of fused-ring (bicyclic) bond motifs is 1. The number of carbonyl (C=O) groups is 1. The van der Waals surface area contributed by atoms with E-state index < -0.39 is 18.0 Å². The maximum atomic E-state index is 12.3. The minimum atomic E-state index is -5.03. The number of anilines is 2. The van der Waals surface area contributed by atoms with Crippen molar-refractivity contribution in [3.05, 3.63) is 12.1 Å². The summed E-state index contributed by atoms with van der Waals surface area (Å²) in [6.07, 6.45) is -5.03. The molecule has 23 heavy (non-hydrogen) atoms. The number of halogens is 3. The molecule has 0 fully saturated rings. The number of pyridine rings is 1. The molecule has 8 nitrogen and oxygen atoms in total. The highest BCUT2D eigenvalue weighted by Gasteiger charge is 2.39. The fraction of sp³-hybridized carbons (Fsp3) is 0.417. The van der Waals surface area contributed by atoms with Crippen molar-refractivity contribution in [1.29, 1.82) is 0 Å². The Bertz CT molecular complexity index is 701. The largest absolute Gasteiger partial charge is 0.493 e. The summed E-state index contributed by atoms with van der Waals surface area (Å²) in [6.45, 7) is 0.863. The summed E-state index contributed by atoms with van der Waals surface area (Å²) < 4.78 is 48.1. The first kappa shape index (κ1) is 16.8. The molecule has 2 aromatic rings. The van der Waals surface area contributed by atoms with Crippen molar-refractivity contribution < 1.29 is 27.4 Å². The number of nitrogens with zero attached hydrogens (tertiary/aromatic N) is 3. The van der Waals surface area contributed by atoms with Crippen LogP contribution in [-0.2, 0) is 9.53 Å². The number of methoxy groups -OCH3 is 2. The van der Waals surface area contributed by atoms with Gasteiger partial charge in [0, 0.05) is 13.7 Å². The molecular weight excluding hydrogens is 319 g/mol. The number of aromatic nitrogens is 3. The average Bonchev–Trinajstić information content (AvgIpc) is 2.90. The van der Waals surface area contributed by atoms with Gasteiger partial charge in [-0.2, -0.15) is 22.7 Å². The first-order chi connectivity index (χ1) is 10.9. The Balaban J connectivity index is 2.34. The number of rotatable bonds is 6. The van der Waals surface area contributed by atoms with Crippen LogP contribution < -0.4 is 15.4 Å². The van der Waals surface area contributed by atoms with Gasteiger partial charge in [0.05, 0.1) is 13.7 Å². The van der Waals surface area contributed by atoms with Gasteiger partial charge in [-0.1, -0.05) is 0 Å². The van der Waals surface area contributed by atoms with Gasteiger partial charge in [-0.15, -0.1) is 5.10 Å². The third-order valence-corrected chi connectivity index (χ3v) is 2.76. The van der Waals surface area contributed by atoms with Crippen LogP contribution in [0.15, 0.2) is 12.1 Å². The molecule has 2 heterocycles. The molecule has 2 N–H and O–H groups in total. The molecule has 1 amide bonds. The van der Waals surface area contributed by atoms with Crippen molar-refractivity contribution >= 4 is 23.3 Å². The first-order valence-electron chi connectivity index (χ1n) is 6.41. The van der Waals surface area contributed by atoms with Gasteiger partial charge in [0.2, 0.25) is 11.6 Å². The highest BCUT2D eigenvalue weighted by atomic mass is 19.4. The highest BCUT2D eigenvalue weighted by molar-refractivity contribution is 5.93. The fourth-order valence-corrected chi connectivity index (χ4v) is 1.74. The maximum Gasteiger partial charge on any atom is 0.471 e. The van der Waals surface area contributed by atoms with Gasteiger partial charge >= 0.3 is 12.1 Å². The number of amides is 1. The molecule has 0 radical (unpaired) electrons. The number of hydrogen-bond donors (Lipinski definition) is 2. The molecule has 0 aliphatic carbocycles. The van der Waals surface area contributed by atoms with Crippen molar-refractivity contribution in [2.24, 2.45) is 0 Å². The molecule has 0 spiro atoms. The van der Waals surface area contributed by atoms with E-state index in [9.17, 15) is 18.0 Å². The van der Waals surface area contributed by atoms with Crippen molar-refractivity contribution in [1.82, 2.24) is 14.6 Å². The van der Waals surface area contributed by atoms with Gasteiger partial charge in [-0.05, 0) is 12.1 Å². The first-order valence-corrected chi connectivity index (χ1v) is 6.41. The molecule has 2 aromatic heterocycles. The summed E-state index contributed by atoms with van der Waals surface area (Å²) in [4.78, 5) is 14.8. The fourth-order valence-electron chi connectivity index (χ4n) is 1.74. The Morgan fingerprint density at radius 2 is 2.09 bits per heavy atom. The molecule has 2 rings (SSSR count). The quantitative estimate of drug-likeness (QED) is 0.775. The topological polar surface area (TPSA) is 89.8 Å². The molecule has 0 unspecified atom stereocenters. The van der Waals surface area contributed by atoms with Crippen LogP contribution in [0.4, 0.5) is 24.9 Å². The molecule has 0 aliphatic rings. The Morgan fingerprint density at radius 1 is 1.35 bits per heavy atom. The van der Waals surface area contributed by atoms with Gasteiger partial charge in [0.15, 0.2) is 5.75 Å². The van der Waals surface area contributed by atoms with Crippen molar-refractivity contribution in [3.63, 3.8) is 0 Å². The van der Waals surface area contributed by atoms with Crippen molar-refractivity contribution in [2.45, 2.75) is 6.18 Å². The lowest BCUT2D eigenvalue weighted by Crippen LogP contribution is -2.30. The van der Waals surface area contributed by atoms with E-state index in [0.717, 1.165) is 0 Å². The predicted molar refractivity (Wildman–Crippen MR) is 74.6 cm³/mol. The molecule has 0 bridgehead atoms. The van der Waals surface area contributed by atoms with E-state index in [1.807, 2.05) is 0 Å². The normalized spacial score (nSPS) is 11.5. The van der Waals surface area contributed by atoms with E-state index in [0.29, 0.717) is 24.7 Å². The third kappa shape index (κ3) is 3.80. The van der Waals surface area contributed by atoms with Gasteiger partial charge in [0.25, 0.3) is 0 Å². The molecule has 0 saturated heterocycles. The molecule has 11 heteroatoms. The van der Waals surface area contributed by atoms with Gasteiger partial charge in [-0.3, -0.25) is 10.1 Å². The SMILES string of the molecule is COCCNc1ccc(OC)c2nc(NC(=O)C(F)(F)F)nn12. The lowest BCUT2D eigenvalue weighted by Gasteiger charge is -2.09. The second kappa shape index (κ2) is 6.69. The molecule has 0 atom stereocenters. The monoisotopic (exact) mass is 333 g/mol. The summed E-state index contributed by atoms with van der Waals surface area (Å²) in [7, 11) is 2.92. The van der Waals surface area contributed by atoms with E-state index in [-0.39, 0.29) is 5.65 Å². The summed E-state index contributed by atoms with van der Waals surface area (Å²) >= 11 is 0. The lowest BCUT2D eigenvalue weighted by atomic mass is 10.4. The summed E-state index contributed by atoms with van der Waals surface area (Å²) in [5.74, 6) is -1.88. The van der Waals surface area contributed by atoms with E-state index in [1.165, 1.54) is 18.7 Å². The standard InChI is InChI=1S/C12H14F3N5O3/c1-22-6-5-16-8-4-3-7(23-2)9-17-11(19-20(8)9)18-10(21)12(13,14)15/h3-4,16H,5-6H2,1-2H3,(H,18,19,21).